The number of carboxylic acids is 1. The summed E-state index contributed by atoms with van der Waals surface area (Å²) in [6, 6.07) is 10.7. The van der Waals surface area contributed by atoms with E-state index in [2.05, 4.69) is 5.32 Å². The van der Waals surface area contributed by atoms with Crippen molar-refractivity contribution >= 4 is 23.5 Å². The molecule has 1 unspecified atom stereocenters. The van der Waals surface area contributed by atoms with Gasteiger partial charge in [0.15, 0.2) is 0 Å². The number of benzene rings is 2. The van der Waals surface area contributed by atoms with Crippen LogP contribution in [0.3, 0.4) is 0 Å². The second kappa shape index (κ2) is 8.39. The topological polar surface area (TPSA) is 84.9 Å². The molecule has 0 aliphatic rings. The summed E-state index contributed by atoms with van der Waals surface area (Å²) in [7, 11) is 2.96. The molecular formula is C18H18ClNO5. The zero-order valence-corrected chi connectivity index (χ0v) is 14.5. The van der Waals surface area contributed by atoms with E-state index in [1.54, 1.807) is 42.5 Å². The molecule has 7 heteroatoms. The molecule has 0 spiro atoms. The molecular weight excluding hydrogens is 346 g/mol. The standard InChI is InChI=1S/C18H18ClNO5/c1-24-13-7-8-14(16(9-13)25-2)18(23)20-15(10-17(21)22)11-3-5-12(19)6-4-11/h3-9,15H,10H2,1-2H3,(H,20,23)(H,21,22). The van der Waals surface area contributed by atoms with Crippen LogP contribution in [0.1, 0.15) is 28.4 Å². The SMILES string of the molecule is COc1ccc(C(=O)NC(CC(=O)O)c2ccc(Cl)cc2)c(OC)c1. The maximum absolute atomic E-state index is 12.6. The first-order valence-electron chi connectivity index (χ1n) is 7.44. The van der Waals surface area contributed by atoms with Gasteiger partial charge in [0.1, 0.15) is 11.5 Å². The maximum Gasteiger partial charge on any atom is 0.305 e. The van der Waals surface area contributed by atoms with Crippen LogP contribution in [0.4, 0.5) is 0 Å². The van der Waals surface area contributed by atoms with Gasteiger partial charge in [-0.3, -0.25) is 9.59 Å². The number of ether oxygens (including phenoxy) is 2. The molecule has 0 bridgehead atoms. The Bertz CT molecular complexity index is 761. The van der Waals surface area contributed by atoms with Crippen molar-refractivity contribution in [2.75, 3.05) is 14.2 Å². The highest BCUT2D eigenvalue weighted by molar-refractivity contribution is 6.30. The van der Waals surface area contributed by atoms with Crippen LogP contribution in [-0.4, -0.2) is 31.2 Å². The van der Waals surface area contributed by atoms with Crippen LogP contribution in [0.5, 0.6) is 11.5 Å². The van der Waals surface area contributed by atoms with Gasteiger partial charge in [0, 0.05) is 11.1 Å². The molecule has 2 aromatic carbocycles. The van der Waals surface area contributed by atoms with Crippen LogP contribution in [0.25, 0.3) is 0 Å². The average Bonchev–Trinajstić information content (AvgIpc) is 2.60. The number of hydrogen-bond donors (Lipinski definition) is 2. The van der Waals surface area contributed by atoms with Gasteiger partial charge in [-0.2, -0.15) is 0 Å². The van der Waals surface area contributed by atoms with Gasteiger partial charge in [-0.05, 0) is 29.8 Å². The fraction of sp³-hybridized carbons (Fsp3) is 0.222. The van der Waals surface area contributed by atoms with Crippen molar-refractivity contribution in [1.29, 1.82) is 0 Å². The predicted molar refractivity (Wildman–Crippen MR) is 93.5 cm³/mol. The Morgan fingerprint density at radius 1 is 1.12 bits per heavy atom. The number of amides is 1. The largest absolute Gasteiger partial charge is 0.497 e. The van der Waals surface area contributed by atoms with E-state index < -0.39 is 17.9 Å². The van der Waals surface area contributed by atoms with Gasteiger partial charge < -0.3 is 19.9 Å². The Morgan fingerprint density at radius 3 is 2.36 bits per heavy atom. The first-order valence-corrected chi connectivity index (χ1v) is 7.82. The van der Waals surface area contributed by atoms with Gasteiger partial charge >= 0.3 is 5.97 Å². The number of nitrogens with one attached hydrogen (secondary N) is 1. The quantitative estimate of drug-likeness (QED) is 0.788. The highest BCUT2D eigenvalue weighted by atomic mass is 35.5. The van der Waals surface area contributed by atoms with E-state index >= 15 is 0 Å². The molecule has 6 nitrogen and oxygen atoms in total. The van der Waals surface area contributed by atoms with E-state index in [1.807, 2.05) is 0 Å². The second-order valence-electron chi connectivity index (χ2n) is 5.24. The summed E-state index contributed by atoms with van der Waals surface area (Å²) in [5, 5.41) is 12.4. The Kier molecular flexibility index (Phi) is 6.25. The minimum atomic E-state index is -1.03. The normalized spacial score (nSPS) is 11.5. The summed E-state index contributed by atoms with van der Waals surface area (Å²) >= 11 is 5.86. The molecule has 0 saturated carbocycles. The van der Waals surface area contributed by atoms with E-state index in [9.17, 15) is 9.59 Å². The van der Waals surface area contributed by atoms with Crippen molar-refractivity contribution in [2.45, 2.75) is 12.5 Å². The monoisotopic (exact) mass is 363 g/mol. The second-order valence-corrected chi connectivity index (χ2v) is 5.68. The zero-order chi connectivity index (χ0) is 18.4. The molecule has 0 fully saturated rings. The molecule has 0 heterocycles. The van der Waals surface area contributed by atoms with E-state index in [4.69, 9.17) is 26.2 Å². The lowest BCUT2D eigenvalue weighted by atomic mass is 10.0. The third kappa shape index (κ3) is 4.87. The molecule has 2 N–H and O–H groups in total. The van der Waals surface area contributed by atoms with E-state index in [1.165, 1.54) is 14.2 Å². The Morgan fingerprint density at radius 2 is 1.80 bits per heavy atom. The van der Waals surface area contributed by atoms with Crippen molar-refractivity contribution in [3.63, 3.8) is 0 Å². The fourth-order valence-corrected chi connectivity index (χ4v) is 2.47. The number of carbonyl (C=O) groups excluding carboxylic acids is 1. The molecule has 1 amide bonds. The van der Waals surface area contributed by atoms with Crippen LogP contribution < -0.4 is 14.8 Å². The molecule has 0 saturated heterocycles. The van der Waals surface area contributed by atoms with Crippen molar-refractivity contribution < 1.29 is 24.2 Å². The van der Waals surface area contributed by atoms with Crippen molar-refractivity contribution in [1.82, 2.24) is 5.32 Å². The summed E-state index contributed by atoms with van der Waals surface area (Å²) in [5.41, 5.74) is 0.931. The minimum absolute atomic E-state index is 0.258. The Labute approximate surface area is 150 Å². The number of carbonyl (C=O) groups is 2. The molecule has 2 rings (SSSR count). The van der Waals surface area contributed by atoms with Gasteiger partial charge in [-0.1, -0.05) is 23.7 Å². The zero-order valence-electron chi connectivity index (χ0n) is 13.8. The van der Waals surface area contributed by atoms with E-state index in [0.717, 1.165) is 0 Å². The Balaban J connectivity index is 2.27. The summed E-state index contributed by atoms with van der Waals surface area (Å²) < 4.78 is 10.3. The lowest BCUT2D eigenvalue weighted by Gasteiger charge is -2.19. The summed E-state index contributed by atoms with van der Waals surface area (Å²) in [6.07, 6.45) is -0.258. The molecule has 0 radical (unpaired) electrons. The summed E-state index contributed by atoms with van der Waals surface area (Å²) in [6.45, 7) is 0. The number of hydrogen-bond acceptors (Lipinski definition) is 4. The highest BCUT2D eigenvalue weighted by Crippen LogP contribution is 2.26. The molecule has 0 aliphatic carbocycles. The maximum atomic E-state index is 12.6. The first kappa shape index (κ1) is 18.6. The third-order valence-electron chi connectivity index (χ3n) is 3.61. The van der Waals surface area contributed by atoms with Crippen LogP contribution in [-0.2, 0) is 4.79 Å². The molecule has 1 atom stereocenters. The van der Waals surface area contributed by atoms with Crippen molar-refractivity contribution in [3.8, 4) is 11.5 Å². The molecule has 0 aliphatic heterocycles. The van der Waals surface area contributed by atoms with Gasteiger partial charge in [0.25, 0.3) is 5.91 Å². The van der Waals surface area contributed by atoms with Gasteiger partial charge in [0.2, 0.25) is 0 Å². The van der Waals surface area contributed by atoms with Gasteiger partial charge in [0.05, 0.1) is 32.2 Å². The third-order valence-corrected chi connectivity index (χ3v) is 3.86. The highest BCUT2D eigenvalue weighted by Gasteiger charge is 2.21. The average molecular weight is 364 g/mol. The van der Waals surface area contributed by atoms with Crippen molar-refractivity contribution in [2.24, 2.45) is 0 Å². The van der Waals surface area contributed by atoms with Crippen LogP contribution in [0.15, 0.2) is 42.5 Å². The fourth-order valence-electron chi connectivity index (χ4n) is 2.34. The molecule has 2 aromatic rings. The van der Waals surface area contributed by atoms with Crippen LogP contribution in [0.2, 0.25) is 5.02 Å². The van der Waals surface area contributed by atoms with Crippen LogP contribution >= 0.6 is 11.6 Å². The predicted octanol–water partition coefficient (Wildman–Crippen LogP) is 3.30. The number of rotatable bonds is 7. The molecule has 25 heavy (non-hydrogen) atoms. The van der Waals surface area contributed by atoms with Crippen molar-refractivity contribution in [3.05, 3.63) is 58.6 Å². The summed E-state index contributed by atoms with van der Waals surface area (Å²) in [4.78, 5) is 23.8. The van der Waals surface area contributed by atoms with E-state index in [0.29, 0.717) is 22.1 Å². The number of carboxylic acid groups (broad SMARTS) is 1. The smallest absolute Gasteiger partial charge is 0.305 e. The van der Waals surface area contributed by atoms with Gasteiger partial charge in [-0.15, -0.1) is 0 Å². The minimum Gasteiger partial charge on any atom is -0.497 e. The lowest BCUT2D eigenvalue weighted by Crippen LogP contribution is -2.30. The number of halogens is 1. The first-order chi connectivity index (χ1) is 11.9. The van der Waals surface area contributed by atoms with Gasteiger partial charge in [-0.25, -0.2) is 0 Å². The Hall–Kier alpha value is -2.73. The summed E-state index contributed by atoms with van der Waals surface area (Å²) in [5.74, 6) is -0.585. The molecule has 132 valence electrons. The number of aliphatic carboxylic acids is 1. The van der Waals surface area contributed by atoms with E-state index in [-0.39, 0.29) is 12.0 Å². The molecule has 0 aromatic heterocycles. The number of methoxy groups -OCH3 is 2. The lowest BCUT2D eigenvalue weighted by molar-refractivity contribution is -0.137. The van der Waals surface area contributed by atoms with Crippen LogP contribution in [0, 0.1) is 0 Å².